The Labute approximate surface area is 136 Å². The Kier molecular flexibility index (Phi) is 4.89. The molecule has 0 saturated carbocycles. The van der Waals surface area contributed by atoms with E-state index in [0.29, 0.717) is 5.88 Å². The quantitative estimate of drug-likeness (QED) is 0.674. The van der Waals surface area contributed by atoms with Crippen molar-refractivity contribution in [2.24, 2.45) is 0 Å². The third-order valence-electron chi connectivity index (χ3n) is 3.65. The summed E-state index contributed by atoms with van der Waals surface area (Å²) in [4.78, 5) is 4.27. The minimum Gasteiger partial charge on any atom is -0.497 e. The summed E-state index contributed by atoms with van der Waals surface area (Å²) in [6.45, 7) is 0. The van der Waals surface area contributed by atoms with Crippen LogP contribution >= 0.6 is 0 Å². The second-order valence-electron chi connectivity index (χ2n) is 5.24. The van der Waals surface area contributed by atoms with Gasteiger partial charge >= 0.3 is 0 Å². The van der Waals surface area contributed by atoms with Gasteiger partial charge in [-0.2, -0.15) is 0 Å². The van der Waals surface area contributed by atoms with E-state index in [1.54, 1.807) is 13.3 Å². The molecule has 0 aliphatic rings. The monoisotopic (exact) mass is 305 g/mol. The van der Waals surface area contributed by atoms with Crippen LogP contribution in [0.3, 0.4) is 0 Å². The molecule has 3 nitrogen and oxygen atoms in total. The molecular formula is C20H19NO2. The zero-order valence-corrected chi connectivity index (χ0v) is 13.1. The van der Waals surface area contributed by atoms with Crippen molar-refractivity contribution in [2.45, 2.75) is 12.5 Å². The normalized spacial score (nSPS) is 11.7. The summed E-state index contributed by atoms with van der Waals surface area (Å²) in [6, 6.07) is 24.0. The van der Waals surface area contributed by atoms with E-state index < -0.39 is 0 Å². The fourth-order valence-electron chi connectivity index (χ4n) is 2.44. The first-order chi connectivity index (χ1) is 11.3. The predicted molar refractivity (Wildman–Crippen MR) is 90.7 cm³/mol. The van der Waals surface area contributed by atoms with Gasteiger partial charge in [0.2, 0.25) is 5.88 Å². The van der Waals surface area contributed by atoms with Gasteiger partial charge in [0.25, 0.3) is 0 Å². The minimum absolute atomic E-state index is 0.0989. The van der Waals surface area contributed by atoms with Gasteiger partial charge in [0.1, 0.15) is 11.9 Å². The highest BCUT2D eigenvalue weighted by atomic mass is 16.5. The molecule has 1 unspecified atom stereocenters. The largest absolute Gasteiger partial charge is 0.497 e. The number of ether oxygens (including phenoxy) is 2. The van der Waals surface area contributed by atoms with E-state index in [-0.39, 0.29) is 6.10 Å². The van der Waals surface area contributed by atoms with Crippen LogP contribution in [0.5, 0.6) is 11.6 Å². The third-order valence-corrected chi connectivity index (χ3v) is 3.65. The highest BCUT2D eigenvalue weighted by Gasteiger charge is 2.15. The second kappa shape index (κ2) is 7.45. The molecule has 3 rings (SSSR count). The molecule has 23 heavy (non-hydrogen) atoms. The van der Waals surface area contributed by atoms with E-state index in [4.69, 9.17) is 9.47 Å². The van der Waals surface area contributed by atoms with Crippen LogP contribution in [-0.4, -0.2) is 12.1 Å². The predicted octanol–water partition coefficient (Wildman–Crippen LogP) is 4.45. The lowest BCUT2D eigenvalue weighted by atomic mass is 10.0. The fourth-order valence-corrected chi connectivity index (χ4v) is 2.44. The Balaban J connectivity index is 1.85. The van der Waals surface area contributed by atoms with Crippen LogP contribution in [0.1, 0.15) is 17.2 Å². The van der Waals surface area contributed by atoms with E-state index in [2.05, 4.69) is 17.1 Å². The van der Waals surface area contributed by atoms with Crippen molar-refractivity contribution in [3.05, 3.63) is 90.1 Å². The van der Waals surface area contributed by atoms with Crippen molar-refractivity contribution < 1.29 is 9.47 Å². The molecule has 0 spiro atoms. The lowest BCUT2D eigenvalue weighted by Crippen LogP contribution is -2.11. The van der Waals surface area contributed by atoms with Gasteiger partial charge in [0, 0.05) is 18.7 Å². The molecule has 3 heteroatoms. The molecule has 1 heterocycles. The van der Waals surface area contributed by atoms with Crippen LogP contribution in [0.4, 0.5) is 0 Å². The molecule has 0 N–H and O–H groups in total. The van der Waals surface area contributed by atoms with Crippen LogP contribution < -0.4 is 9.47 Å². The Morgan fingerprint density at radius 2 is 1.61 bits per heavy atom. The van der Waals surface area contributed by atoms with Crippen LogP contribution in [0.25, 0.3) is 0 Å². The molecule has 0 aliphatic heterocycles. The second-order valence-corrected chi connectivity index (χ2v) is 5.24. The average molecular weight is 305 g/mol. The zero-order chi connectivity index (χ0) is 15.9. The lowest BCUT2D eigenvalue weighted by Gasteiger charge is -2.19. The van der Waals surface area contributed by atoms with Crippen molar-refractivity contribution >= 4 is 0 Å². The van der Waals surface area contributed by atoms with E-state index in [1.807, 2.05) is 60.7 Å². The Hall–Kier alpha value is -2.81. The minimum atomic E-state index is -0.0989. The molecule has 0 saturated heterocycles. The van der Waals surface area contributed by atoms with Crippen LogP contribution in [0, 0.1) is 0 Å². The van der Waals surface area contributed by atoms with Crippen molar-refractivity contribution in [3.63, 3.8) is 0 Å². The molecule has 0 fully saturated rings. The van der Waals surface area contributed by atoms with Crippen molar-refractivity contribution in [1.29, 1.82) is 0 Å². The van der Waals surface area contributed by atoms with Crippen molar-refractivity contribution in [2.75, 3.05) is 7.11 Å². The molecule has 2 aromatic carbocycles. The molecule has 0 radical (unpaired) electrons. The summed E-state index contributed by atoms with van der Waals surface area (Å²) in [6.07, 6.45) is 2.42. The SMILES string of the molecule is COc1ccc(C(Cc2ccccc2)Oc2ccccn2)cc1. The molecule has 116 valence electrons. The molecule has 1 aromatic heterocycles. The summed E-state index contributed by atoms with van der Waals surface area (Å²) in [5.74, 6) is 1.47. The van der Waals surface area contributed by atoms with E-state index >= 15 is 0 Å². The third kappa shape index (κ3) is 4.10. The summed E-state index contributed by atoms with van der Waals surface area (Å²) in [7, 11) is 1.67. The van der Waals surface area contributed by atoms with Crippen LogP contribution in [0.2, 0.25) is 0 Å². The maximum absolute atomic E-state index is 6.13. The Morgan fingerprint density at radius 1 is 0.870 bits per heavy atom. The molecule has 0 bridgehead atoms. The summed E-state index contributed by atoms with van der Waals surface area (Å²) < 4.78 is 11.4. The zero-order valence-electron chi connectivity index (χ0n) is 13.1. The lowest BCUT2D eigenvalue weighted by molar-refractivity contribution is 0.197. The number of hydrogen-bond acceptors (Lipinski definition) is 3. The topological polar surface area (TPSA) is 31.4 Å². The summed E-state index contributed by atoms with van der Waals surface area (Å²) >= 11 is 0. The van der Waals surface area contributed by atoms with E-state index in [9.17, 15) is 0 Å². The van der Waals surface area contributed by atoms with Gasteiger partial charge in [0.15, 0.2) is 0 Å². The van der Waals surface area contributed by atoms with Gasteiger partial charge in [0.05, 0.1) is 7.11 Å². The molecular weight excluding hydrogens is 286 g/mol. The average Bonchev–Trinajstić information content (AvgIpc) is 2.63. The maximum atomic E-state index is 6.13. The molecule has 1 atom stereocenters. The summed E-state index contributed by atoms with van der Waals surface area (Å²) in [5.41, 5.74) is 2.32. The van der Waals surface area contributed by atoms with Crippen molar-refractivity contribution in [3.8, 4) is 11.6 Å². The van der Waals surface area contributed by atoms with Gasteiger partial charge in [-0.25, -0.2) is 4.98 Å². The van der Waals surface area contributed by atoms with Crippen LogP contribution in [-0.2, 0) is 6.42 Å². The molecule has 0 amide bonds. The number of pyridine rings is 1. The first-order valence-electron chi connectivity index (χ1n) is 7.61. The first kappa shape index (κ1) is 15.1. The standard InChI is InChI=1S/C20H19NO2/c1-22-18-12-10-17(11-13-18)19(15-16-7-3-2-4-8-16)23-20-9-5-6-14-21-20/h2-14,19H,15H2,1H3. The van der Waals surface area contributed by atoms with Crippen molar-refractivity contribution in [1.82, 2.24) is 4.98 Å². The van der Waals surface area contributed by atoms with Gasteiger partial charge in [-0.05, 0) is 29.3 Å². The first-order valence-corrected chi connectivity index (χ1v) is 7.61. The van der Waals surface area contributed by atoms with E-state index in [1.165, 1.54) is 5.56 Å². The van der Waals surface area contributed by atoms with Gasteiger partial charge in [-0.3, -0.25) is 0 Å². The summed E-state index contributed by atoms with van der Waals surface area (Å²) in [5, 5.41) is 0. The number of rotatable bonds is 6. The highest BCUT2D eigenvalue weighted by Crippen LogP contribution is 2.26. The van der Waals surface area contributed by atoms with Gasteiger partial charge in [-0.1, -0.05) is 48.5 Å². The smallest absolute Gasteiger partial charge is 0.213 e. The number of aromatic nitrogens is 1. The number of benzene rings is 2. The maximum Gasteiger partial charge on any atom is 0.213 e. The number of hydrogen-bond donors (Lipinski definition) is 0. The number of methoxy groups -OCH3 is 1. The Bertz CT molecular complexity index is 670. The number of nitrogens with zero attached hydrogens (tertiary/aromatic N) is 1. The van der Waals surface area contributed by atoms with Gasteiger partial charge in [-0.15, -0.1) is 0 Å². The molecule has 3 aromatic rings. The fraction of sp³-hybridized carbons (Fsp3) is 0.150. The highest BCUT2D eigenvalue weighted by molar-refractivity contribution is 5.30. The van der Waals surface area contributed by atoms with E-state index in [0.717, 1.165) is 17.7 Å². The Morgan fingerprint density at radius 3 is 2.26 bits per heavy atom. The van der Waals surface area contributed by atoms with Crippen LogP contribution in [0.15, 0.2) is 79.0 Å². The molecule has 0 aliphatic carbocycles. The van der Waals surface area contributed by atoms with Gasteiger partial charge < -0.3 is 9.47 Å².